The Bertz CT molecular complexity index is 1120. The van der Waals surface area contributed by atoms with Gasteiger partial charge in [-0.1, -0.05) is 53.2 Å². The molecular formula is C21H21ClN2O4S2. The molecule has 2 atom stereocenters. The summed E-state index contributed by atoms with van der Waals surface area (Å²) in [5.74, 6) is 0.331. The van der Waals surface area contributed by atoms with Crippen LogP contribution >= 0.6 is 23.4 Å². The average molecular weight is 465 g/mol. The molecule has 2 aromatic rings. The second-order valence-electron chi connectivity index (χ2n) is 7.44. The van der Waals surface area contributed by atoms with Gasteiger partial charge in [0.1, 0.15) is 5.75 Å². The highest BCUT2D eigenvalue weighted by molar-refractivity contribution is 8.16. The molecule has 30 heavy (non-hydrogen) atoms. The van der Waals surface area contributed by atoms with Crippen molar-refractivity contribution >= 4 is 50.0 Å². The van der Waals surface area contributed by atoms with Gasteiger partial charge in [0, 0.05) is 10.3 Å². The summed E-state index contributed by atoms with van der Waals surface area (Å²) >= 11 is 7.54. The molecule has 0 radical (unpaired) electrons. The van der Waals surface area contributed by atoms with E-state index < -0.39 is 9.84 Å². The third-order valence-corrected chi connectivity index (χ3v) is 8.61. The molecule has 4 rings (SSSR count). The second-order valence-corrected chi connectivity index (χ2v) is 11.2. The summed E-state index contributed by atoms with van der Waals surface area (Å²) in [6.45, 7) is 1.99. The van der Waals surface area contributed by atoms with E-state index in [1.165, 1.54) is 18.9 Å². The molecule has 2 aliphatic heterocycles. The van der Waals surface area contributed by atoms with Gasteiger partial charge in [-0.25, -0.2) is 8.42 Å². The first kappa shape index (κ1) is 21.2. The van der Waals surface area contributed by atoms with E-state index in [0.717, 1.165) is 11.1 Å². The summed E-state index contributed by atoms with van der Waals surface area (Å²) in [5.41, 5.74) is 2.62. The van der Waals surface area contributed by atoms with Crippen molar-refractivity contribution < 1.29 is 17.9 Å². The molecular weight excluding hydrogens is 444 g/mol. The predicted molar refractivity (Wildman–Crippen MR) is 122 cm³/mol. The van der Waals surface area contributed by atoms with Gasteiger partial charge in [-0.05, 0) is 30.7 Å². The van der Waals surface area contributed by atoms with Crippen LogP contribution in [0.15, 0.2) is 47.5 Å². The summed E-state index contributed by atoms with van der Waals surface area (Å²) in [6, 6.07) is 12.6. The number of fused-ring (bicyclic) bond motifs is 1. The number of amides is 1. The third-order valence-electron chi connectivity index (χ3n) is 5.16. The lowest BCUT2D eigenvalue weighted by Gasteiger charge is -2.26. The van der Waals surface area contributed by atoms with Crippen LogP contribution in [-0.2, 0) is 21.1 Å². The molecule has 9 heteroatoms. The van der Waals surface area contributed by atoms with Crippen LogP contribution in [0.25, 0.3) is 0 Å². The standard InChI is InChI=1S/C21H21ClN2O4S2/c1-13-3-5-14(6-4-13)9-20(25)23-21-24(16-10-15(22)7-8-18(16)28-2)17-11-30(26,27)12-19(17)29-21/h3-8,10,17,19H,9,11-12H2,1-2H3. The van der Waals surface area contributed by atoms with Gasteiger partial charge in [-0.3, -0.25) is 4.79 Å². The maximum Gasteiger partial charge on any atom is 0.252 e. The molecule has 2 aromatic carbocycles. The summed E-state index contributed by atoms with van der Waals surface area (Å²) in [7, 11) is -1.62. The van der Waals surface area contributed by atoms with E-state index in [1.807, 2.05) is 31.2 Å². The molecule has 0 aliphatic carbocycles. The lowest BCUT2D eigenvalue weighted by Crippen LogP contribution is -2.38. The SMILES string of the molecule is COc1ccc(Cl)cc1N1C(=NC(=O)Cc2ccc(C)cc2)SC2CS(=O)(=O)CC21. The number of halogens is 1. The van der Waals surface area contributed by atoms with Gasteiger partial charge in [-0.15, -0.1) is 0 Å². The number of amidine groups is 1. The number of nitrogens with zero attached hydrogens (tertiary/aromatic N) is 2. The normalized spacial score (nSPS) is 23.6. The van der Waals surface area contributed by atoms with Crippen molar-refractivity contribution in [3.8, 4) is 5.75 Å². The monoisotopic (exact) mass is 464 g/mol. The highest BCUT2D eigenvalue weighted by atomic mass is 35.5. The number of thioether (sulfide) groups is 1. The summed E-state index contributed by atoms with van der Waals surface area (Å²) < 4.78 is 29.9. The van der Waals surface area contributed by atoms with Crippen molar-refractivity contribution in [2.75, 3.05) is 23.5 Å². The van der Waals surface area contributed by atoms with Gasteiger partial charge in [0.2, 0.25) is 0 Å². The van der Waals surface area contributed by atoms with Crippen LogP contribution in [0.4, 0.5) is 5.69 Å². The zero-order valence-electron chi connectivity index (χ0n) is 16.5. The maximum atomic E-state index is 12.7. The zero-order valence-corrected chi connectivity index (χ0v) is 18.9. The number of carbonyl (C=O) groups excluding carboxylic acids is 1. The van der Waals surface area contributed by atoms with Crippen molar-refractivity contribution in [1.82, 2.24) is 0 Å². The van der Waals surface area contributed by atoms with Gasteiger partial charge in [0.15, 0.2) is 15.0 Å². The fourth-order valence-electron chi connectivity index (χ4n) is 3.72. The maximum absolute atomic E-state index is 12.7. The number of carbonyl (C=O) groups is 1. The van der Waals surface area contributed by atoms with Gasteiger partial charge >= 0.3 is 0 Å². The van der Waals surface area contributed by atoms with Crippen molar-refractivity contribution in [2.45, 2.75) is 24.6 Å². The predicted octanol–water partition coefficient (Wildman–Crippen LogP) is 3.50. The number of ether oxygens (including phenoxy) is 1. The number of sulfone groups is 1. The van der Waals surface area contributed by atoms with E-state index in [4.69, 9.17) is 16.3 Å². The highest BCUT2D eigenvalue weighted by Gasteiger charge is 2.50. The summed E-state index contributed by atoms with van der Waals surface area (Å²) in [6.07, 6.45) is 0.179. The lowest BCUT2D eigenvalue weighted by molar-refractivity contribution is -0.117. The van der Waals surface area contributed by atoms with E-state index >= 15 is 0 Å². The Hall–Kier alpha value is -2.03. The molecule has 0 saturated carbocycles. The Labute approximate surface area is 185 Å². The molecule has 0 N–H and O–H groups in total. The van der Waals surface area contributed by atoms with E-state index in [2.05, 4.69) is 4.99 Å². The van der Waals surface area contributed by atoms with Crippen molar-refractivity contribution in [1.29, 1.82) is 0 Å². The molecule has 158 valence electrons. The van der Waals surface area contributed by atoms with Crippen LogP contribution in [0.3, 0.4) is 0 Å². The number of rotatable bonds is 4. The van der Waals surface area contributed by atoms with E-state index in [1.54, 1.807) is 23.1 Å². The number of hydrogen-bond acceptors (Lipinski definition) is 5. The molecule has 0 spiro atoms. The minimum Gasteiger partial charge on any atom is -0.495 e. The summed E-state index contributed by atoms with van der Waals surface area (Å²) in [4.78, 5) is 18.9. The van der Waals surface area contributed by atoms with Crippen molar-refractivity contribution in [2.24, 2.45) is 4.99 Å². The number of methoxy groups -OCH3 is 1. The zero-order chi connectivity index (χ0) is 21.5. The smallest absolute Gasteiger partial charge is 0.252 e. The van der Waals surface area contributed by atoms with Crippen LogP contribution in [0.2, 0.25) is 5.02 Å². The van der Waals surface area contributed by atoms with E-state index in [9.17, 15) is 13.2 Å². The molecule has 0 bridgehead atoms. The molecule has 2 aliphatic rings. The number of benzene rings is 2. The first-order valence-electron chi connectivity index (χ1n) is 9.42. The number of hydrogen-bond donors (Lipinski definition) is 0. The first-order chi connectivity index (χ1) is 14.3. The topological polar surface area (TPSA) is 76.0 Å². The van der Waals surface area contributed by atoms with Crippen LogP contribution in [0.1, 0.15) is 11.1 Å². The fraction of sp³-hybridized carbons (Fsp3) is 0.333. The fourth-order valence-corrected chi connectivity index (χ4v) is 7.81. The number of anilines is 1. The van der Waals surface area contributed by atoms with Crippen molar-refractivity contribution in [3.05, 3.63) is 58.6 Å². The second kappa shape index (κ2) is 8.24. The van der Waals surface area contributed by atoms with Crippen molar-refractivity contribution in [3.63, 3.8) is 0 Å². The Morgan fingerprint density at radius 3 is 2.67 bits per heavy atom. The molecule has 6 nitrogen and oxygen atoms in total. The summed E-state index contributed by atoms with van der Waals surface area (Å²) in [5, 5.41) is 0.785. The van der Waals surface area contributed by atoms with Gasteiger partial charge < -0.3 is 9.64 Å². The molecule has 2 fully saturated rings. The molecule has 2 heterocycles. The van der Waals surface area contributed by atoms with Crippen LogP contribution in [0, 0.1) is 6.92 Å². The number of aliphatic imine (C=N–C) groups is 1. The minimum atomic E-state index is -3.16. The first-order valence-corrected chi connectivity index (χ1v) is 12.5. The van der Waals surface area contributed by atoms with E-state index in [0.29, 0.717) is 21.6 Å². The molecule has 2 saturated heterocycles. The Balaban J connectivity index is 1.69. The van der Waals surface area contributed by atoms with Crippen LogP contribution in [-0.4, -0.2) is 49.4 Å². The third kappa shape index (κ3) is 4.36. The lowest BCUT2D eigenvalue weighted by atomic mass is 10.1. The largest absolute Gasteiger partial charge is 0.495 e. The Kier molecular flexibility index (Phi) is 5.83. The molecule has 2 unspecified atom stereocenters. The molecule has 1 amide bonds. The van der Waals surface area contributed by atoms with Crippen LogP contribution in [0.5, 0.6) is 5.75 Å². The minimum absolute atomic E-state index is 0.00546. The van der Waals surface area contributed by atoms with Gasteiger partial charge in [0.25, 0.3) is 5.91 Å². The average Bonchev–Trinajstić information content (AvgIpc) is 3.14. The highest BCUT2D eigenvalue weighted by Crippen LogP contribution is 2.44. The molecule has 0 aromatic heterocycles. The number of aryl methyl sites for hydroxylation is 1. The van der Waals surface area contributed by atoms with E-state index in [-0.39, 0.29) is 35.1 Å². The van der Waals surface area contributed by atoms with Gasteiger partial charge in [-0.2, -0.15) is 4.99 Å². The Morgan fingerprint density at radius 1 is 1.23 bits per heavy atom. The Morgan fingerprint density at radius 2 is 1.97 bits per heavy atom. The van der Waals surface area contributed by atoms with Crippen LogP contribution < -0.4 is 9.64 Å². The van der Waals surface area contributed by atoms with Gasteiger partial charge in [0.05, 0.1) is 36.8 Å². The quantitative estimate of drug-likeness (QED) is 0.689.